The molecule has 2 rings (SSSR count). The molecule has 2 aromatic carbocycles. The molecular weight excluding hydrogens is 359 g/mol. The summed E-state index contributed by atoms with van der Waals surface area (Å²) >= 11 is 0. The van der Waals surface area contributed by atoms with Gasteiger partial charge in [0.05, 0.1) is 7.11 Å². The molecule has 6 nitrogen and oxygen atoms in total. The number of ether oxygens (including phenoxy) is 1. The number of hydrogen-bond donors (Lipinski definition) is 2. The summed E-state index contributed by atoms with van der Waals surface area (Å²) < 4.78 is 18.8. The van der Waals surface area contributed by atoms with Gasteiger partial charge in [-0.3, -0.25) is 9.79 Å². The van der Waals surface area contributed by atoms with Gasteiger partial charge in [-0.2, -0.15) is 0 Å². The average Bonchev–Trinajstić information content (AvgIpc) is 2.71. The summed E-state index contributed by atoms with van der Waals surface area (Å²) in [5.74, 6) is 0.455. The first-order chi connectivity index (χ1) is 13.5. The Morgan fingerprint density at radius 1 is 1.21 bits per heavy atom. The fourth-order valence-electron chi connectivity index (χ4n) is 2.87. The normalized spacial score (nSPS) is 11.1. The summed E-state index contributed by atoms with van der Waals surface area (Å²) in [6.07, 6.45) is 0.745. The minimum atomic E-state index is -0.382. The number of guanidine groups is 1. The molecule has 0 saturated carbocycles. The highest BCUT2D eigenvalue weighted by Gasteiger charge is 2.10. The first-order valence-electron chi connectivity index (χ1n) is 9.03. The number of carbonyl (C=O) groups is 1. The van der Waals surface area contributed by atoms with Crippen molar-refractivity contribution in [1.29, 1.82) is 0 Å². The highest BCUT2D eigenvalue weighted by atomic mass is 19.1. The summed E-state index contributed by atoms with van der Waals surface area (Å²) in [4.78, 5) is 17.9. The van der Waals surface area contributed by atoms with Gasteiger partial charge in [-0.1, -0.05) is 18.2 Å². The van der Waals surface area contributed by atoms with E-state index < -0.39 is 0 Å². The minimum Gasteiger partial charge on any atom is -0.494 e. The lowest BCUT2D eigenvalue weighted by Crippen LogP contribution is -2.39. The van der Waals surface area contributed by atoms with Crippen LogP contribution in [0, 0.1) is 5.82 Å². The highest BCUT2D eigenvalue weighted by Crippen LogP contribution is 2.18. The Balaban J connectivity index is 1.92. The number of carbonyl (C=O) groups excluding carboxylic acids is 1. The average molecular weight is 386 g/mol. The van der Waals surface area contributed by atoms with E-state index in [4.69, 9.17) is 4.74 Å². The predicted molar refractivity (Wildman–Crippen MR) is 109 cm³/mol. The zero-order valence-electron chi connectivity index (χ0n) is 16.8. The van der Waals surface area contributed by atoms with E-state index in [1.165, 1.54) is 13.2 Å². The molecule has 0 spiro atoms. The molecule has 0 aliphatic rings. The van der Waals surface area contributed by atoms with Gasteiger partial charge in [0.1, 0.15) is 0 Å². The minimum absolute atomic E-state index is 0.0999. The summed E-state index contributed by atoms with van der Waals surface area (Å²) in [7, 11) is 6.66. The zero-order valence-corrected chi connectivity index (χ0v) is 16.8. The van der Waals surface area contributed by atoms with Crippen molar-refractivity contribution in [3.05, 3.63) is 65.0 Å². The fourth-order valence-corrected chi connectivity index (χ4v) is 2.87. The number of halogens is 1. The van der Waals surface area contributed by atoms with Crippen LogP contribution in [-0.2, 0) is 13.0 Å². The lowest BCUT2D eigenvalue weighted by atomic mass is 10.1. The van der Waals surface area contributed by atoms with Crippen molar-refractivity contribution in [2.75, 3.05) is 34.8 Å². The van der Waals surface area contributed by atoms with Crippen LogP contribution in [0.1, 0.15) is 21.5 Å². The van der Waals surface area contributed by atoms with Crippen molar-refractivity contribution < 1.29 is 13.9 Å². The Morgan fingerprint density at radius 2 is 2.00 bits per heavy atom. The van der Waals surface area contributed by atoms with Gasteiger partial charge in [0.25, 0.3) is 5.91 Å². The molecule has 7 heteroatoms. The largest absolute Gasteiger partial charge is 0.494 e. The molecule has 2 aromatic rings. The zero-order chi connectivity index (χ0) is 20.5. The Kier molecular flexibility index (Phi) is 7.80. The van der Waals surface area contributed by atoms with Gasteiger partial charge in [0.2, 0.25) is 0 Å². The van der Waals surface area contributed by atoms with Crippen LogP contribution >= 0.6 is 0 Å². The van der Waals surface area contributed by atoms with Crippen molar-refractivity contribution in [1.82, 2.24) is 15.5 Å². The number of methoxy groups -OCH3 is 1. The first kappa shape index (κ1) is 21.2. The van der Waals surface area contributed by atoms with Crippen LogP contribution in [0.25, 0.3) is 0 Å². The van der Waals surface area contributed by atoms with Gasteiger partial charge in [-0.25, -0.2) is 4.39 Å². The van der Waals surface area contributed by atoms with Gasteiger partial charge >= 0.3 is 0 Å². The number of amides is 1. The fraction of sp³-hybridized carbons (Fsp3) is 0.333. The number of rotatable bonds is 7. The molecule has 150 valence electrons. The molecule has 0 heterocycles. The smallest absolute Gasteiger partial charge is 0.251 e. The van der Waals surface area contributed by atoms with Crippen LogP contribution in [0.15, 0.2) is 47.5 Å². The molecule has 0 aliphatic heterocycles. The van der Waals surface area contributed by atoms with E-state index in [0.717, 1.165) is 17.5 Å². The van der Waals surface area contributed by atoms with Crippen molar-refractivity contribution in [2.45, 2.75) is 13.0 Å². The third-order valence-corrected chi connectivity index (χ3v) is 4.32. The molecule has 0 fully saturated rings. The summed E-state index contributed by atoms with van der Waals surface area (Å²) in [6, 6.07) is 12.4. The molecular formula is C21H27FN4O2. The molecule has 28 heavy (non-hydrogen) atoms. The SMILES string of the molecule is CN=C(NCCc1cccc(C(=O)NC)c1)N(C)Cc1ccc(OC)c(F)c1. The molecule has 0 aliphatic carbocycles. The van der Waals surface area contributed by atoms with Crippen LogP contribution in [0.2, 0.25) is 0 Å². The summed E-state index contributed by atoms with van der Waals surface area (Å²) in [5.41, 5.74) is 2.52. The number of nitrogens with one attached hydrogen (secondary N) is 2. The van der Waals surface area contributed by atoms with Gasteiger partial charge in [0.15, 0.2) is 17.5 Å². The van der Waals surface area contributed by atoms with Gasteiger partial charge in [-0.05, 0) is 41.8 Å². The standard InChI is InChI=1S/C21H27FN4O2/c1-23-20(27)17-7-5-6-15(12-17)10-11-25-21(24-2)26(3)14-16-8-9-19(28-4)18(22)13-16/h5-9,12-13H,10-11,14H2,1-4H3,(H,23,27)(H,24,25). The molecule has 0 bridgehead atoms. The quantitative estimate of drug-likeness (QED) is 0.567. The van der Waals surface area contributed by atoms with Crippen molar-refractivity contribution in [3.63, 3.8) is 0 Å². The Hall–Kier alpha value is -3.09. The Bertz CT molecular complexity index is 839. The number of benzene rings is 2. The van der Waals surface area contributed by atoms with Crippen LogP contribution in [0.5, 0.6) is 5.75 Å². The maximum absolute atomic E-state index is 13.9. The Morgan fingerprint density at radius 3 is 2.64 bits per heavy atom. The van der Waals surface area contributed by atoms with E-state index in [-0.39, 0.29) is 17.5 Å². The van der Waals surface area contributed by atoms with Gasteiger partial charge < -0.3 is 20.3 Å². The second-order valence-electron chi connectivity index (χ2n) is 6.33. The third-order valence-electron chi connectivity index (χ3n) is 4.32. The molecule has 0 saturated heterocycles. The van der Waals surface area contributed by atoms with Gasteiger partial charge in [-0.15, -0.1) is 0 Å². The molecule has 0 radical (unpaired) electrons. The van der Waals surface area contributed by atoms with Crippen LogP contribution in [0.3, 0.4) is 0 Å². The van der Waals surface area contributed by atoms with E-state index in [2.05, 4.69) is 15.6 Å². The monoisotopic (exact) mass is 386 g/mol. The highest BCUT2D eigenvalue weighted by molar-refractivity contribution is 5.94. The van der Waals surface area contributed by atoms with Crippen molar-refractivity contribution in [3.8, 4) is 5.75 Å². The second kappa shape index (κ2) is 10.3. The molecule has 0 unspecified atom stereocenters. The van der Waals surface area contributed by atoms with E-state index in [9.17, 15) is 9.18 Å². The molecule has 0 aromatic heterocycles. The van der Waals surface area contributed by atoms with Crippen LogP contribution < -0.4 is 15.4 Å². The van der Waals surface area contributed by atoms with E-state index >= 15 is 0 Å². The first-order valence-corrected chi connectivity index (χ1v) is 9.03. The Labute approximate surface area is 165 Å². The topological polar surface area (TPSA) is 66.0 Å². The predicted octanol–water partition coefficient (Wildman–Crippen LogP) is 2.44. The van der Waals surface area contributed by atoms with Gasteiger partial charge in [0, 0.05) is 39.8 Å². The van der Waals surface area contributed by atoms with Crippen molar-refractivity contribution in [2.24, 2.45) is 4.99 Å². The lowest BCUT2D eigenvalue weighted by molar-refractivity contribution is 0.0963. The number of hydrogen-bond acceptors (Lipinski definition) is 3. The maximum atomic E-state index is 13.9. The summed E-state index contributed by atoms with van der Waals surface area (Å²) in [6.45, 7) is 1.16. The van der Waals surface area contributed by atoms with E-state index in [1.807, 2.05) is 36.2 Å². The summed E-state index contributed by atoms with van der Waals surface area (Å²) in [5, 5.41) is 5.92. The van der Waals surface area contributed by atoms with E-state index in [0.29, 0.717) is 24.6 Å². The van der Waals surface area contributed by atoms with Crippen LogP contribution in [0.4, 0.5) is 4.39 Å². The number of aliphatic imine (C=N–C) groups is 1. The molecule has 0 atom stereocenters. The second-order valence-corrected chi connectivity index (χ2v) is 6.33. The third kappa shape index (κ3) is 5.70. The maximum Gasteiger partial charge on any atom is 0.251 e. The van der Waals surface area contributed by atoms with E-state index in [1.54, 1.807) is 26.2 Å². The number of nitrogens with zero attached hydrogens (tertiary/aromatic N) is 2. The molecule has 1 amide bonds. The van der Waals surface area contributed by atoms with Crippen LogP contribution in [-0.4, -0.2) is 51.6 Å². The molecule has 2 N–H and O–H groups in total. The van der Waals surface area contributed by atoms with Crippen molar-refractivity contribution >= 4 is 11.9 Å². The lowest BCUT2D eigenvalue weighted by Gasteiger charge is -2.22.